The quantitative estimate of drug-likeness (QED) is 0.569. The summed E-state index contributed by atoms with van der Waals surface area (Å²) in [6, 6.07) is 10.6. The van der Waals surface area contributed by atoms with Crippen LogP contribution in [0.25, 0.3) is 0 Å². The number of aryl methyl sites for hydroxylation is 2. The van der Waals surface area contributed by atoms with E-state index < -0.39 is 10.0 Å². The molecule has 1 N–H and O–H groups in total. The highest BCUT2D eigenvalue weighted by Crippen LogP contribution is 2.29. The summed E-state index contributed by atoms with van der Waals surface area (Å²) in [5, 5.41) is 3.06. The number of carbonyl (C=O) groups is 1. The Hall–Kier alpha value is -1.22. The molecule has 1 unspecified atom stereocenters. The average molecular weight is 544 g/mol. The van der Waals surface area contributed by atoms with Gasteiger partial charge in [-0.15, -0.1) is 0 Å². The van der Waals surface area contributed by atoms with Crippen LogP contribution in [0.5, 0.6) is 0 Å². The highest BCUT2D eigenvalue weighted by atomic mass is 79.9. The van der Waals surface area contributed by atoms with Crippen LogP contribution in [0.1, 0.15) is 30.9 Å². The van der Waals surface area contributed by atoms with Gasteiger partial charge in [-0.1, -0.05) is 38.8 Å². The molecule has 0 aliphatic carbocycles. The second-order valence-corrected chi connectivity index (χ2v) is 11.0. The van der Waals surface area contributed by atoms with Gasteiger partial charge in [0.2, 0.25) is 15.9 Å². The van der Waals surface area contributed by atoms with Crippen molar-refractivity contribution >= 4 is 53.5 Å². The molecule has 2 aromatic rings. The number of anilines is 1. The summed E-state index contributed by atoms with van der Waals surface area (Å²) in [5.41, 5.74) is 2.87. The monoisotopic (exact) mass is 542 g/mol. The molecule has 0 radical (unpaired) electrons. The summed E-state index contributed by atoms with van der Waals surface area (Å²) < 4.78 is 29.2. The lowest BCUT2D eigenvalue weighted by atomic mass is 9.98. The van der Waals surface area contributed by atoms with Crippen LogP contribution in [0.4, 0.5) is 5.69 Å². The molecular weight excluding hydrogens is 520 g/mol. The van der Waals surface area contributed by atoms with Crippen LogP contribution < -0.4 is 5.32 Å². The van der Waals surface area contributed by atoms with Crippen molar-refractivity contribution in [2.75, 3.05) is 18.4 Å². The highest BCUT2D eigenvalue weighted by Gasteiger charge is 2.33. The van der Waals surface area contributed by atoms with E-state index in [9.17, 15) is 13.2 Å². The Morgan fingerprint density at radius 3 is 2.52 bits per heavy atom. The van der Waals surface area contributed by atoms with Gasteiger partial charge in [0.1, 0.15) is 0 Å². The normalized spacial score (nSPS) is 17.9. The molecule has 8 heteroatoms. The molecule has 1 atom stereocenters. The van der Waals surface area contributed by atoms with E-state index in [4.69, 9.17) is 0 Å². The Morgan fingerprint density at radius 1 is 1.17 bits per heavy atom. The van der Waals surface area contributed by atoms with Crippen LogP contribution in [0, 0.1) is 12.8 Å². The fourth-order valence-electron chi connectivity index (χ4n) is 3.63. The van der Waals surface area contributed by atoms with Crippen LogP contribution >= 0.6 is 31.9 Å². The molecule has 1 heterocycles. The van der Waals surface area contributed by atoms with Crippen molar-refractivity contribution in [3.05, 3.63) is 56.5 Å². The highest BCUT2D eigenvalue weighted by molar-refractivity contribution is 9.10. The molecule has 156 valence electrons. The Morgan fingerprint density at radius 2 is 1.86 bits per heavy atom. The number of nitrogens with zero attached hydrogens (tertiary/aromatic N) is 1. The number of rotatable bonds is 5. The van der Waals surface area contributed by atoms with Gasteiger partial charge in [-0.3, -0.25) is 4.79 Å². The number of nitrogens with one attached hydrogen (secondary N) is 1. The third kappa shape index (κ3) is 5.10. The number of hydrogen-bond donors (Lipinski definition) is 1. The third-order valence-electron chi connectivity index (χ3n) is 5.22. The molecular formula is C21H24Br2N2O3S. The maximum atomic E-state index is 13.0. The van der Waals surface area contributed by atoms with Crippen molar-refractivity contribution in [2.24, 2.45) is 5.92 Å². The minimum absolute atomic E-state index is 0.124. The number of carbonyl (C=O) groups excluding carboxylic acids is 1. The van der Waals surface area contributed by atoms with Crippen LogP contribution in [-0.2, 0) is 21.2 Å². The molecule has 0 bridgehead atoms. The molecule has 0 aromatic heterocycles. The van der Waals surface area contributed by atoms with E-state index in [-0.39, 0.29) is 23.3 Å². The molecule has 3 rings (SSSR count). The van der Waals surface area contributed by atoms with E-state index in [1.807, 2.05) is 26.0 Å². The van der Waals surface area contributed by atoms with Crippen molar-refractivity contribution in [3.8, 4) is 0 Å². The average Bonchev–Trinajstić information content (AvgIpc) is 2.70. The number of halogens is 2. The third-order valence-corrected chi connectivity index (χ3v) is 8.08. The number of hydrogen-bond acceptors (Lipinski definition) is 3. The number of amides is 1. The van der Waals surface area contributed by atoms with Gasteiger partial charge in [-0.25, -0.2) is 8.42 Å². The minimum Gasteiger partial charge on any atom is -0.325 e. The smallest absolute Gasteiger partial charge is 0.243 e. The summed E-state index contributed by atoms with van der Waals surface area (Å²) in [6.07, 6.45) is 2.13. The number of benzene rings is 2. The molecule has 0 saturated carbocycles. The Kier molecular flexibility index (Phi) is 7.19. The summed E-state index contributed by atoms with van der Waals surface area (Å²) in [5.74, 6) is -0.498. The molecule has 1 fully saturated rings. The van der Waals surface area contributed by atoms with Gasteiger partial charge in [0.15, 0.2) is 0 Å². The zero-order valence-corrected chi connectivity index (χ0v) is 20.4. The topological polar surface area (TPSA) is 66.5 Å². The second kappa shape index (κ2) is 9.29. The summed E-state index contributed by atoms with van der Waals surface area (Å²) in [6.45, 7) is 4.63. The predicted molar refractivity (Wildman–Crippen MR) is 123 cm³/mol. The van der Waals surface area contributed by atoms with Crippen molar-refractivity contribution in [2.45, 2.75) is 38.0 Å². The summed E-state index contributed by atoms with van der Waals surface area (Å²) in [4.78, 5) is 13.2. The summed E-state index contributed by atoms with van der Waals surface area (Å²) >= 11 is 6.82. The van der Waals surface area contributed by atoms with Crippen LogP contribution in [-0.4, -0.2) is 31.7 Å². The molecule has 1 saturated heterocycles. The van der Waals surface area contributed by atoms with Crippen LogP contribution in [0.15, 0.2) is 50.2 Å². The first-order valence-electron chi connectivity index (χ1n) is 9.58. The molecule has 0 spiro atoms. The van der Waals surface area contributed by atoms with E-state index in [2.05, 4.69) is 37.2 Å². The molecule has 5 nitrogen and oxygen atoms in total. The van der Waals surface area contributed by atoms with Crippen LogP contribution in [0.2, 0.25) is 0 Å². The fraction of sp³-hybridized carbons (Fsp3) is 0.381. The van der Waals surface area contributed by atoms with E-state index in [1.165, 1.54) is 4.31 Å². The van der Waals surface area contributed by atoms with E-state index in [1.54, 1.807) is 24.3 Å². The zero-order valence-electron chi connectivity index (χ0n) is 16.4. The fourth-order valence-corrected chi connectivity index (χ4v) is 6.03. The number of piperidine rings is 1. The first kappa shape index (κ1) is 22.5. The minimum atomic E-state index is -3.62. The Labute approximate surface area is 189 Å². The lowest BCUT2D eigenvalue weighted by Crippen LogP contribution is -2.43. The zero-order chi connectivity index (χ0) is 21.2. The molecule has 1 amide bonds. The Balaban J connectivity index is 1.77. The lowest BCUT2D eigenvalue weighted by molar-refractivity contribution is -0.120. The van der Waals surface area contributed by atoms with Gasteiger partial charge in [-0.2, -0.15) is 4.31 Å². The first-order valence-corrected chi connectivity index (χ1v) is 12.6. The number of sulfonamides is 1. The lowest BCUT2D eigenvalue weighted by Gasteiger charge is -2.31. The standard InChI is InChI=1S/C21H24Br2N2O3S/c1-3-15-12-18(23)11-14(2)20(15)24-21(26)16-5-4-10-25(13-16)29(27,28)19-8-6-17(22)7-9-19/h6-9,11-12,16H,3-5,10,13H2,1-2H3,(H,24,26). The second-order valence-electron chi connectivity index (χ2n) is 7.26. The van der Waals surface area contributed by atoms with Crippen molar-refractivity contribution in [3.63, 3.8) is 0 Å². The van der Waals surface area contributed by atoms with E-state index >= 15 is 0 Å². The van der Waals surface area contributed by atoms with Crippen molar-refractivity contribution < 1.29 is 13.2 Å². The molecule has 1 aliphatic heterocycles. The van der Waals surface area contributed by atoms with Gasteiger partial charge in [-0.05, 0) is 73.7 Å². The van der Waals surface area contributed by atoms with Gasteiger partial charge in [0, 0.05) is 27.7 Å². The maximum absolute atomic E-state index is 13.0. The van der Waals surface area contributed by atoms with Gasteiger partial charge < -0.3 is 5.32 Å². The Bertz CT molecular complexity index is 1010. The van der Waals surface area contributed by atoms with Gasteiger partial charge in [0.25, 0.3) is 0 Å². The van der Waals surface area contributed by atoms with Gasteiger partial charge in [0.05, 0.1) is 10.8 Å². The van der Waals surface area contributed by atoms with E-state index in [0.29, 0.717) is 19.4 Å². The SMILES string of the molecule is CCc1cc(Br)cc(C)c1NC(=O)C1CCCN(S(=O)(=O)c2ccc(Br)cc2)C1. The largest absolute Gasteiger partial charge is 0.325 e. The van der Waals surface area contributed by atoms with Crippen LogP contribution in [0.3, 0.4) is 0 Å². The molecule has 2 aromatic carbocycles. The van der Waals surface area contributed by atoms with Crippen molar-refractivity contribution in [1.29, 1.82) is 0 Å². The summed E-state index contributed by atoms with van der Waals surface area (Å²) in [7, 11) is -3.62. The van der Waals surface area contributed by atoms with Gasteiger partial charge >= 0.3 is 0 Å². The van der Waals surface area contributed by atoms with E-state index in [0.717, 1.165) is 32.2 Å². The predicted octanol–water partition coefficient (Wildman–Crippen LogP) is 5.12. The maximum Gasteiger partial charge on any atom is 0.243 e. The molecule has 1 aliphatic rings. The first-order chi connectivity index (χ1) is 13.7. The molecule has 29 heavy (non-hydrogen) atoms. The van der Waals surface area contributed by atoms with Crippen molar-refractivity contribution in [1.82, 2.24) is 4.31 Å².